The zero-order chi connectivity index (χ0) is 13.0. The average molecular weight is 239 g/mol. The molecule has 0 saturated carbocycles. The molecular formula is C13H25N3O. The lowest BCUT2D eigenvalue weighted by molar-refractivity contribution is 0.287. The lowest BCUT2D eigenvalue weighted by Gasteiger charge is -2.25. The molecule has 0 saturated heterocycles. The Bertz CT molecular complexity index is 325. The van der Waals surface area contributed by atoms with Crippen LogP contribution in [0.5, 0.6) is 0 Å². The summed E-state index contributed by atoms with van der Waals surface area (Å²) in [4.78, 5) is 2.21. The summed E-state index contributed by atoms with van der Waals surface area (Å²) in [6.45, 7) is 10.3. The van der Waals surface area contributed by atoms with E-state index in [2.05, 4.69) is 43.3 Å². The van der Waals surface area contributed by atoms with E-state index in [0.717, 1.165) is 24.5 Å². The normalized spacial score (nSPS) is 13.6. The summed E-state index contributed by atoms with van der Waals surface area (Å²) >= 11 is 0. The number of aromatic nitrogens is 1. The van der Waals surface area contributed by atoms with Gasteiger partial charge in [0.2, 0.25) is 0 Å². The molecule has 1 aromatic rings. The number of nitrogens with one attached hydrogen (secondary N) is 1. The van der Waals surface area contributed by atoms with Crippen LogP contribution in [0, 0.1) is 19.8 Å². The number of rotatable bonds is 6. The van der Waals surface area contributed by atoms with E-state index >= 15 is 0 Å². The molecule has 1 rings (SSSR count). The molecule has 0 radical (unpaired) electrons. The van der Waals surface area contributed by atoms with Crippen LogP contribution < -0.4 is 5.32 Å². The Morgan fingerprint density at radius 3 is 2.35 bits per heavy atom. The summed E-state index contributed by atoms with van der Waals surface area (Å²) in [7, 11) is 4.21. The second kappa shape index (κ2) is 6.17. The summed E-state index contributed by atoms with van der Waals surface area (Å²) in [6.07, 6.45) is 0. The van der Waals surface area contributed by atoms with Gasteiger partial charge < -0.3 is 14.7 Å². The van der Waals surface area contributed by atoms with Gasteiger partial charge in [0.15, 0.2) is 0 Å². The minimum Gasteiger partial charge on any atom is -0.361 e. The average Bonchev–Trinajstić information content (AvgIpc) is 2.53. The SMILES string of the molecule is Cc1noc(C)c1CNC(CN(C)C)C(C)C. The first-order valence-electron chi connectivity index (χ1n) is 6.21. The third kappa shape index (κ3) is 4.13. The standard InChI is InChI=1S/C13H25N3O/c1-9(2)13(8-16(5)6)14-7-12-10(3)15-17-11(12)4/h9,13-14H,7-8H2,1-6H3. The van der Waals surface area contributed by atoms with Crippen molar-refractivity contribution in [2.24, 2.45) is 5.92 Å². The zero-order valence-corrected chi connectivity index (χ0v) is 11.9. The van der Waals surface area contributed by atoms with Crippen LogP contribution in [0.2, 0.25) is 0 Å². The van der Waals surface area contributed by atoms with E-state index in [1.165, 1.54) is 5.56 Å². The monoisotopic (exact) mass is 239 g/mol. The molecular weight excluding hydrogens is 214 g/mol. The van der Waals surface area contributed by atoms with Crippen molar-refractivity contribution >= 4 is 0 Å². The highest BCUT2D eigenvalue weighted by molar-refractivity contribution is 5.20. The number of aryl methyl sites for hydroxylation is 2. The molecule has 1 atom stereocenters. The van der Waals surface area contributed by atoms with Crippen LogP contribution in [0.25, 0.3) is 0 Å². The van der Waals surface area contributed by atoms with Crippen molar-refractivity contribution in [3.05, 3.63) is 17.0 Å². The molecule has 0 bridgehead atoms. The van der Waals surface area contributed by atoms with Crippen molar-refractivity contribution in [1.29, 1.82) is 0 Å². The molecule has 0 aliphatic heterocycles. The lowest BCUT2D eigenvalue weighted by atomic mass is 10.0. The molecule has 0 amide bonds. The van der Waals surface area contributed by atoms with Gasteiger partial charge in [-0.1, -0.05) is 19.0 Å². The van der Waals surface area contributed by atoms with Crippen molar-refractivity contribution < 1.29 is 4.52 Å². The van der Waals surface area contributed by atoms with E-state index in [0.29, 0.717) is 12.0 Å². The second-order valence-electron chi connectivity index (χ2n) is 5.30. The molecule has 0 aromatic carbocycles. The summed E-state index contributed by atoms with van der Waals surface area (Å²) in [5, 5.41) is 7.57. The minimum absolute atomic E-state index is 0.485. The van der Waals surface area contributed by atoms with Gasteiger partial charge in [-0.15, -0.1) is 0 Å². The number of nitrogens with zero attached hydrogens (tertiary/aromatic N) is 2. The highest BCUT2D eigenvalue weighted by Gasteiger charge is 2.16. The number of hydrogen-bond acceptors (Lipinski definition) is 4. The molecule has 4 heteroatoms. The molecule has 1 unspecified atom stereocenters. The molecule has 1 heterocycles. The third-order valence-corrected chi connectivity index (χ3v) is 3.09. The fraction of sp³-hybridized carbons (Fsp3) is 0.769. The van der Waals surface area contributed by atoms with Crippen LogP contribution in [0.3, 0.4) is 0 Å². The van der Waals surface area contributed by atoms with Crippen LogP contribution in [-0.4, -0.2) is 36.7 Å². The molecule has 4 nitrogen and oxygen atoms in total. The Morgan fingerprint density at radius 2 is 1.94 bits per heavy atom. The lowest BCUT2D eigenvalue weighted by Crippen LogP contribution is -2.41. The Hall–Kier alpha value is -0.870. The summed E-state index contributed by atoms with van der Waals surface area (Å²) in [5.41, 5.74) is 2.18. The van der Waals surface area contributed by atoms with Gasteiger partial charge in [0.05, 0.1) is 5.69 Å². The molecule has 1 aromatic heterocycles. The maximum atomic E-state index is 5.17. The third-order valence-electron chi connectivity index (χ3n) is 3.09. The quantitative estimate of drug-likeness (QED) is 0.824. The van der Waals surface area contributed by atoms with Crippen LogP contribution in [-0.2, 0) is 6.54 Å². The fourth-order valence-electron chi connectivity index (χ4n) is 1.89. The molecule has 98 valence electrons. The van der Waals surface area contributed by atoms with Crippen molar-refractivity contribution in [3.8, 4) is 0 Å². The first-order chi connectivity index (χ1) is 7.91. The maximum Gasteiger partial charge on any atom is 0.138 e. The van der Waals surface area contributed by atoms with Crippen molar-refractivity contribution in [3.63, 3.8) is 0 Å². The van der Waals surface area contributed by atoms with E-state index in [1.54, 1.807) is 0 Å². The van der Waals surface area contributed by atoms with Crippen molar-refractivity contribution in [1.82, 2.24) is 15.4 Å². The zero-order valence-electron chi connectivity index (χ0n) is 11.9. The summed E-state index contributed by atoms with van der Waals surface area (Å²) < 4.78 is 5.17. The van der Waals surface area contributed by atoms with Crippen LogP contribution in [0.15, 0.2) is 4.52 Å². The molecule has 0 aliphatic rings. The molecule has 1 N–H and O–H groups in total. The Kier molecular flexibility index (Phi) is 5.15. The molecule has 0 spiro atoms. The molecule has 0 fully saturated rings. The van der Waals surface area contributed by atoms with Crippen LogP contribution >= 0.6 is 0 Å². The van der Waals surface area contributed by atoms with Gasteiger partial charge in [-0.3, -0.25) is 0 Å². The van der Waals surface area contributed by atoms with Gasteiger partial charge in [0, 0.05) is 24.7 Å². The largest absolute Gasteiger partial charge is 0.361 e. The summed E-state index contributed by atoms with van der Waals surface area (Å²) in [6, 6.07) is 0.485. The van der Waals surface area contributed by atoms with E-state index in [1.807, 2.05) is 13.8 Å². The van der Waals surface area contributed by atoms with E-state index < -0.39 is 0 Å². The summed E-state index contributed by atoms with van der Waals surface area (Å²) in [5.74, 6) is 1.53. The van der Waals surface area contributed by atoms with E-state index in [9.17, 15) is 0 Å². The van der Waals surface area contributed by atoms with Crippen LogP contribution in [0.4, 0.5) is 0 Å². The maximum absolute atomic E-state index is 5.17. The second-order valence-corrected chi connectivity index (χ2v) is 5.30. The molecule has 0 aliphatic carbocycles. The van der Waals surface area contributed by atoms with Gasteiger partial charge in [-0.05, 0) is 33.9 Å². The van der Waals surface area contributed by atoms with Gasteiger partial charge in [0.1, 0.15) is 5.76 Å². The topological polar surface area (TPSA) is 41.3 Å². The highest BCUT2D eigenvalue weighted by atomic mass is 16.5. The first kappa shape index (κ1) is 14.2. The Morgan fingerprint density at radius 1 is 1.29 bits per heavy atom. The predicted molar refractivity (Wildman–Crippen MR) is 70.0 cm³/mol. The minimum atomic E-state index is 0.485. The Balaban J connectivity index is 2.58. The highest BCUT2D eigenvalue weighted by Crippen LogP contribution is 2.13. The smallest absolute Gasteiger partial charge is 0.138 e. The van der Waals surface area contributed by atoms with E-state index in [-0.39, 0.29) is 0 Å². The number of likely N-dealkylation sites (N-methyl/N-ethyl adjacent to an activating group) is 1. The van der Waals surface area contributed by atoms with Crippen molar-refractivity contribution in [2.75, 3.05) is 20.6 Å². The van der Waals surface area contributed by atoms with Gasteiger partial charge in [0.25, 0.3) is 0 Å². The van der Waals surface area contributed by atoms with Crippen molar-refractivity contribution in [2.45, 2.75) is 40.3 Å². The van der Waals surface area contributed by atoms with Gasteiger partial charge >= 0.3 is 0 Å². The van der Waals surface area contributed by atoms with Gasteiger partial charge in [-0.2, -0.15) is 0 Å². The first-order valence-corrected chi connectivity index (χ1v) is 6.21. The molecule has 17 heavy (non-hydrogen) atoms. The van der Waals surface area contributed by atoms with Crippen LogP contribution in [0.1, 0.15) is 30.9 Å². The number of hydrogen-bond donors (Lipinski definition) is 1. The predicted octanol–water partition coefficient (Wildman–Crippen LogP) is 1.97. The van der Waals surface area contributed by atoms with E-state index in [4.69, 9.17) is 4.52 Å². The van der Waals surface area contributed by atoms with Gasteiger partial charge in [-0.25, -0.2) is 0 Å². The Labute approximate surface area is 104 Å². The fourth-order valence-corrected chi connectivity index (χ4v) is 1.89.